The van der Waals surface area contributed by atoms with E-state index in [1.807, 2.05) is 0 Å². The molecule has 0 unspecified atom stereocenters. The van der Waals surface area contributed by atoms with Gasteiger partial charge in [-0.15, -0.1) is 10.2 Å². The third-order valence-electron chi connectivity index (χ3n) is 2.14. The minimum atomic E-state index is -0.441. The molecule has 0 spiro atoms. The number of carbonyl (C=O) groups excluding carboxylic acids is 1. The molecule has 0 N–H and O–H groups in total. The van der Waals surface area contributed by atoms with Crippen molar-refractivity contribution in [3.63, 3.8) is 0 Å². The molecule has 0 aliphatic carbocycles. The van der Waals surface area contributed by atoms with Crippen molar-refractivity contribution in [2.75, 3.05) is 0 Å². The van der Waals surface area contributed by atoms with Gasteiger partial charge < -0.3 is 0 Å². The lowest BCUT2D eigenvalue weighted by Gasteiger charge is -1.97. The van der Waals surface area contributed by atoms with Crippen molar-refractivity contribution in [1.29, 1.82) is 0 Å². The fourth-order valence-corrected chi connectivity index (χ4v) is 1.66. The van der Waals surface area contributed by atoms with Crippen LogP contribution in [-0.4, -0.2) is 25.4 Å². The number of halogens is 3. The van der Waals surface area contributed by atoms with E-state index in [2.05, 4.69) is 15.4 Å². The molecule has 0 atom stereocenters. The summed E-state index contributed by atoms with van der Waals surface area (Å²) < 4.78 is 0. The molecule has 94 valence electrons. The molecular weight excluding hydrogens is 298 g/mol. The Morgan fingerprint density at radius 3 is 2.72 bits per heavy atom. The lowest BCUT2D eigenvalue weighted by atomic mass is 10.2. The first-order chi connectivity index (χ1) is 8.56. The lowest BCUT2D eigenvalue weighted by molar-refractivity contribution is -0.111. The predicted octanol–water partition coefficient (Wildman–Crippen LogP) is 2.80. The first-order valence-corrected chi connectivity index (χ1v) is 6.11. The van der Waals surface area contributed by atoms with Gasteiger partial charge in [-0.1, -0.05) is 23.2 Å². The van der Waals surface area contributed by atoms with Gasteiger partial charge in [-0.05, 0) is 35.0 Å². The highest BCUT2D eigenvalue weighted by Crippen LogP contribution is 2.26. The van der Waals surface area contributed by atoms with Crippen molar-refractivity contribution < 1.29 is 4.79 Å². The standard InChI is InChI=1S/C10H7Cl3N4O/c11-7-2-1-6(5-8(7)12)10-14-16-17(15-10)4-3-9(13)18/h1-2,5H,3-4H2. The zero-order valence-electron chi connectivity index (χ0n) is 8.98. The number of hydrogen-bond acceptors (Lipinski definition) is 4. The number of benzene rings is 1. The Hall–Kier alpha value is -1.17. The molecule has 0 fully saturated rings. The quantitative estimate of drug-likeness (QED) is 0.815. The summed E-state index contributed by atoms with van der Waals surface area (Å²) in [4.78, 5) is 11.9. The molecule has 0 aliphatic heterocycles. The van der Waals surface area contributed by atoms with Gasteiger partial charge in [0.1, 0.15) is 0 Å². The molecule has 0 bridgehead atoms. The van der Waals surface area contributed by atoms with Crippen molar-refractivity contribution in [2.24, 2.45) is 0 Å². The molecule has 0 saturated carbocycles. The molecule has 2 rings (SSSR count). The predicted molar refractivity (Wildman–Crippen MR) is 68.8 cm³/mol. The first kappa shape index (κ1) is 13.3. The van der Waals surface area contributed by atoms with Gasteiger partial charge in [0.15, 0.2) is 0 Å². The SMILES string of the molecule is O=C(Cl)CCn1nnc(-c2ccc(Cl)c(Cl)c2)n1. The lowest BCUT2D eigenvalue weighted by Crippen LogP contribution is -2.05. The largest absolute Gasteiger partial charge is 0.281 e. The van der Waals surface area contributed by atoms with Crippen LogP contribution in [0.1, 0.15) is 6.42 Å². The van der Waals surface area contributed by atoms with E-state index in [0.717, 1.165) is 0 Å². The van der Waals surface area contributed by atoms with Crippen molar-refractivity contribution >= 4 is 40.0 Å². The topological polar surface area (TPSA) is 60.7 Å². The van der Waals surface area contributed by atoms with Crippen LogP contribution in [0.3, 0.4) is 0 Å². The van der Waals surface area contributed by atoms with Crippen molar-refractivity contribution in [2.45, 2.75) is 13.0 Å². The number of aromatic nitrogens is 4. The van der Waals surface area contributed by atoms with Gasteiger partial charge in [0.05, 0.1) is 16.6 Å². The maximum atomic E-state index is 10.6. The average molecular weight is 306 g/mol. The fraction of sp³-hybridized carbons (Fsp3) is 0.200. The fourth-order valence-electron chi connectivity index (χ4n) is 1.28. The van der Waals surface area contributed by atoms with Crippen molar-refractivity contribution in [3.8, 4) is 11.4 Å². The molecular formula is C10H7Cl3N4O. The molecule has 1 aromatic carbocycles. The normalized spacial score (nSPS) is 10.6. The Balaban J connectivity index is 2.18. The number of rotatable bonds is 4. The van der Waals surface area contributed by atoms with Crippen molar-refractivity contribution in [3.05, 3.63) is 28.2 Å². The van der Waals surface area contributed by atoms with Crippen LogP contribution in [0.15, 0.2) is 18.2 Å². The summed E-state index contributed by atoms with van der Waals surface area (Å²) in [6.07, 6.45) is 0.152. The summed E-state index contributed by atoms with van der Waals surface area (Å²) in [6.45, 7) is 0.288. The highest BCUT2D eigenvalue weighted by atomic mass is 35.5. The minimum Gasteiger partial charge on any atom is -0.281 e. The molecule has 0 aliphatic rings. The van der Waals surface area contributed by atoms with E-state index in [9.17, 15) is 4.79 Å². The van der Waals surface area contributed by atoms with Crippen LogP contribution < -0.4 is 0 Å². The summed E-state index contributed by atoms with van der Waals surface area (Å²) in [7, 11) is 0. The smallest absolute Gasteiger partial charge is 0.223 e. The zero-order chi connectivity index (χ0) is 13.1. The maximum Gasteiger partial charge on any atom is 0.223 e. The van der Waals surface area contributed by atoms with E-state index >= 15 is 0 Å². The monoisotopic (exact) mass is 304 g/mol. The van der Waals surface area contributed by atoms with E-state index in [1.165, 1.54) is 4.80 Å². The highest BCUT2D eigenvalue weighted by Gasteiger charge is 2.08. The molecule has 1 heterocycles. The molecule has 1 aromatic heterocycles. The van der Waals surface area contributed by atoms with Crippen LogP contribution in [0.2, 0.25) is 10.0 Å². The van der Waals surface area contributed by atoms with Crippen molar-refractivity contribution in [1.82, 2.24) is 20.2 Å². The van der Waals surface area contributed by atoms with Gasteiger partial charge in [-0.2, -0.15) is 4.80 Å². The van der Waals surface area contributed by atoms with E-state index in [-0.39, 0.29) is 13.0 Å². The highest BCUT2D eigenvalue weighted by molar-refractivity contribution is 6.63. The Morgan fingerprint density at radius 2 is 2.06 bits per heavy atom. The van der Waals surface area contributed by atoms with Crippen LogP contribution in [-0.2, 0) is 11.3 Å². The molecule has 0 radical (unpaired) electrons. The summed E-state index contributed by atoms with van der Waals surface area (Å²) in [5.41, 5.74) is 0.702. The molecule has 0 amide bonds. The zero-order valence-corrected chi connectivity index (χ0v) is 11.2. The second-order valence-electron chi connectivity index (χ2n) is 3.44. The van der Waals surface area contributed by atoms with Gasteiger partial charge >= 0.3 is 0 Å². The van der Waals surface area contributed by atoms with Crippen LogP contribution >= 0.6 is 34.8 Å². The average Bonchev–Trinajstić information content (AvgIpc) is 2.79. The van der Waals surface area contributed by atoms with Gasteiger partial charge in [-0.3, -0.25) is 4.79 Å². The molecule has 2 aromatic rings. The van der Waals surface area contributed by atoms with E-state index in [1.54, 1.807) is 18.2 Å². The van der Waals surface area contributed by atoms with E-state index in [4.69, 9.17) is 34.8 Å². The third kappa shape index (κ3) is 3.19. The summed E-state index contributed by atoms with van der Waals surface area (Å²) in [6, 6.07) is 5.04. The van der Waals surface area contributed by atoms with Gasteiger partial charge in [0.25, 0.3) is 0 Å². The Kier molecular flexibility index (Phi) is 4.16. The van der Waals surface area contributed by atoms with Gasteiger partial charge in [0, 0.05) is 12.0 Å². The Morgan fingerprint density at radius 1 is 1.28 bits per heavy atom. The molecule has 5 nitrogen and oxygen atoms in total. The van der Waals surface area contributed by atoms with Crippen LogP contribution in [0.5, 0.6) is 0 Å². The Labute approximate surface area is 118 Å². The molecule has 18 heavy (non-hydrogen) atoms. The number of aryl methyl sites for hydroxylation is 1. The number of hydrogen-bond donors (Lipinski definition) is 0. The minimum absolute atomic E-state index is 0.152. The van der Waals surface area contributed by atoms with Gasteiger partial charge in [0.2, 0.25) is 11.1 Å². The second-order valence-corrected chi connectivity index (χ2v) is 4.68. The maximum absolute atomic E-state index is 10.6. The number of carbonyl (C=O) groups is 1. The number of nitrogens with zero attached hydrogens (tertiary/aromatic N) is 4. The van der Waals surface area contributed by atoms with Gasteiger partial charge in [-0.25, -0.2) is 0 Å². The van der Waals surface area contributed by atoms with Crippen LogP contribution in [0, 0.1) is 0 Å². The molecule has 0 saturated heterocycles. The van der Waals surface area contributed by atoms with E-state index < -0.39 is 5.24 Å². The summed E-state index contributed by atoms with van der Waals surface area (Å²) >= 11 is 16.9. The summed E-state index contributed by atoms with van der Waals surface area (Å²) in [5.74, 6) is 0.413. The second kappa shape index (κ2) is 5.65. The van der Waals surface area contributed by atoms with Crippen LogP contribution in [0.25, 0.3) is 11.4 Å². The first-order valence-electron chi connectivity index (χ1n) is 4.98. The summed E-state index contributed by atoms with van der Waals surface area (Å²) in [5, 5.41) is 12.2. The Bertz CT molecular complexity index is 584. The van der Waals surface area contributed by atoms with Crippen LogP contribution in [0.4, 0.5) is 0 Å². The van der Waals surface area contributed by atoms with E-state index in [0.29, 0.717) is 21.4 Å². The third-order valence-corrected chi connectivity index (χ3v) is 3.07. The molecule has 8 heteroatoms. The number of tetrazole rings is 1.